The SMILES string of the molecule is CCCC1(C(=O)O)CCN(CC2CCOC2)C1. The van der Waals surface area contributed by atoms with Crippen molar-refractivity contribution in [2.45, 2.75) is 32.6 Å². The quantitative estimate of drug-likeness (QED) is 0.794. The van der Waals surface area contributed by atoms with Crippen molar-refractivity contribution >= 4 is 5.97 Å². The fourth-order valence-corrected chi connectivity index (χ4v) is 3.17. The molecule has 4 nitrogen and oxygen atoms in total. The maximum absolute atomic E-state index is 11.4. The van der Waals surface area contributed by atoms with Crippen LogP contribution in [0.3, 0.4) is 0 Å². The Balaban J connectivity index is 1.89. The summed E-state index contributed by atoms with van der Waals surface area (Å²) in [4.78, 5) is 13.8. The molecular formula is C13H23NO3. The van der Waals surface area contributed by atoms with Gasteiger partial charge in [0.25, 0.3) is 0 Å². The van der Waals surface area contributed by atoms with Crippen molar-refractivity contribution in [3.05, 3.63) is 0 Å². The van der Waals surface area contributed by atoms with Crippen LogP contribution in [0.25, 0.3) is 0 Å². The number of rotatable bonds is 5. The van der Waals surface area contributed by atoms with Gasteiger partial charge >= 0.3 is 5.97 Å². The first-order chi connectivity index (χ1) is 8.16. The lowest BCUT2D eigenvalue weighted by molar-refractivity contribution is -0.148. The molecule has 0 radical (unpaired) electrons. The zero-order chi connectivity index (χ0) is 12.3. The molecule has 1 N–H and O–H groups in total. The van der Waals surface area contributed by atoms with Crippen molar-refractivity contribution in [1.82, 2.24) is 4.90 Å². The minimum atomic E-state index is -0.607. The Morgan fingerprint density at radius 1 is 1.59 bits per heavy atom. The van der Waals surface area contributed by atoms with E-state index < -0.39 is 11.4 Å². The van der Waals surface area contributed by atoms with E-state index in [2.05, 4.69) is 11.8 Å². The topological polar surface area (TPSA) is 49.8 Å². The molecule has 2 atom stereocenters. The Labute approximate surface area is 103 Å². The molecule has 0 aromatic rings. The minimum Gasteiger partial charge on any atom is -0.481 e. The standard InChI is InChI=1S/C13H23NO3/c1-2-4-13(12(15)16)5-6-14(10-13)8-11-3-7-17-9-11/h11H,2-10H2,1H3,(H,15,16). The van der Waals surface area contributed by atoms with Crippen LogP contribution < -0.4 is 0 Å². The molecule has 0 spiro atoms. The average molecular weight is 241 g/mol. The van der Waals surface area contributed by atoms with E-state index >= 15 is 0 Å². The zero-order valence-electron chi connectivity index (χ0n) is 10.7. The van der Waals surface area contributed by atoms with E-state index in [1.54, 1.807) is 0 Å². The molecule has 2 fully saturated rings. The van der Waals surface area contributed by atoms with Gasteiger partial charge in [-0.25, -0.2) is 0 Å². The summed E-state index contributed by atoms with van der Waals surface area (Å²) in [6.45, 7) is 6.47. The van der Waals surface area contributed by atoms with Gasteiger partial charge in [0.05, 0.1) is 12.0 Å². The summed E-state index contributed by atoms with van der Waals surface area (Å²) in [5.41, 5.74) is -0.478. The lowest BCUT2D eigenvalue weighted by atomic mass is 9.83. The average Bonchev–Trinajstić information content (AvgIpc) is 2.90. The van der Waals surface area contributed by atoms with E-state index in [1.165, 1.54) is 0 Å². The third-order valence-electron chi connectivity index (χ3n) is 4.16. The number of hydrogen-bond donors (Lipinski definition) is 1. The molecule has 0 saturated carbocycles. The second-order valence-electron chi connectivity index (χ2n) is 5.55. The van der Waals surface area contributed by atoms with Crippen LogP contribution in [0.4, 0.5) is 0 Å². The normalized spacial score (nSPS) is 34.3. The van der Waals surface area contributed by atoms with Crippen molar-refractivity contribution in [3.8, 4) is 0 Å². The number of carboxylic acids is 1. The summed E-state index contributed by atoms with van der Waals surface area (Å²) in [6.07, 6.45) is 3.70. The summed E-state index contributed by atoms with van der Waals surface area (Å²) >= 11 is 0. The predicted octanol–water partition coefficient (Wildman–Crippen LogP) is 1.60. The van der Waals surface area contributed by atoms with Gasteiger partial charge in [0.2, 0.25) is 0 Å². The van der Waals surface area contributed by atoms with Crippen LogP contribution in [0.5, 0.6) is 0 Å². The Kier molecular flexibility index (Phi) is 4.05. The molecule has 0 aromatic carbocycles. The first-order valence-corrected chi connectivity index (χ1v) is 6.70. The van der Waals surface area contributed by atoms with Gasteiger partial charge in [-0.05, 0) is 31.7 Å². The molecule has 98 valence electrons. The number of ether oxygens (including phenoxy) is 1. The van der Waals surface area contributed by atoms with Crippen LogP contribution in [0.15, 0.2) is 0 Å². The number of likely N-dealkylation sites (tertiary alicyclic amines) is 1. The second kappa shape index (κ2) is 5.36. The van der Waals surface area contributed by atoms with Gasteiger partial charge in [0.15, 0.2) is 0 Å². The van der Waals surface area contributed by atoms with Crippen LogP contribution in [0.1, 0.15) is 32.6 Å². The molecule has 2 saturated heterocycles. The van der Waals surface area contributed by atoms with Gasteiger partial charge in [-0.15, -0.1) is 0 Å². The number of aliphatic carboxylic acids is 1. The Morgan fingerprint density at radius 2 is 2.41 bits per heavy atom. The van der Waals surface area contributed by atoms with Crippen molar-refractivity contribution in [1.29, 1.82) is 0 Å². The van der Waals surface area contributed by atoms with Crippen LogP contribution >= 0.6 is 0 Å². The van der Waals surface area contributed by atoms with E-state index in [1.807, 2.05) is 0 Å². The Morgan fingerprint density at radius 3 is 3.00 bits per heavy atom. The Bertz CT molecular complexity index is 276. The molecule has 4 heteroatoms. The highest BCUT2D eigenvalue weighted by Crippen LogP contribution is 2.36. The van der Waals surface area contributed by atoms with Crippen molar-refractivity contribution < 1.29 is 14.6 Å². The highest BCUT2D eigenvalue weighted by Gasteiger charge is 2.44. The lowest BCUT2D eigenvalue weighted by Gasteiger charge is -2.25. The van der Waals surface area contributed by atoms with Crippen molar-refractivity contribution in [2.24, 2.45) is 11.3 Å². The van der Waals surface area contributed by atoms with Gasteiger partial charge in [-0.1, -0.05) is 13.3 Å². The Hall–Kier alpha value is -0.610. The van der Waals surface area contributed by atoms with Gasteiger partial charge < -0.3 is 14.7 Å². The number of carboxylic acid groups (broad SMARTS) is 1. The van der Waals surface area contributed by atoms with E-state index in [0.717, 1.165) is 58.5 Å². The van der Waals surface area contributed by atoms with Crippen molar-refractivity contribution in [3.63, 3.8) is 0 Å². The molecule has 0 aliphatic carbocycles. The number of hydrogen-bond acceptors (Lipinski definition) is 3. The molecule has 2 aliphatic heterocycles. The summed E-state index contributed by atoms with van der Waals surface area (Å²) in [5, 5.41) is 9.42. The fraction of sp³-hybridized carbons (Fsp3) is 0.923. The molecule has 17 heavy (non-hydrogen) atoms. The smallest absolute Gasteiger partial charge is 0.310 e. The third-order valence-corrected chi connectivity index (χ3v) is 4.16. The molecule has 0 aromatic heterocycles. The molecule has 2 heterocycles. The minimum absolute atomic E-state index is 0.478. The molecule has 0 bridgehead atoms. The van der Waals surface area contributed by atoms with Gasteiger partial charge in [0.1, 0.15) is 0 Å². The maximum Gasteiger partial charge on any atom is 0.310 e. The highest BCUT2D eigenvalue weighted by atomic mass is 16.5. The largest absolute Gasteiger partial charge is 0.481 e. The lowest BCUT2D eigenvalue weighted by Crippen LogP contribution is -2.36. The maximum atomic E-state index is 11.4. The van der Waals surface area contributed by atoms with Crippen molar-refractivity contribution in [2.75, 3.05) is 32.8 Å². The molecule has 2 rings (SSSR count). The third kappa shape index (κ3) is 2.80. The molecule has 2 unspecified atom stereocenters. The summed E-state index contributed by atoms with van der Waals surface area (Å²) in [6, 6.07) is 0. The highest BCUT2D eigenvalue weighted by molar-refractivity contribution is 5.75. The molecule has 0 amide bonds. The van der Waals surface area contributed by atoms with E-state index in [0.29, 0.717) is 5.92 Å². The first-order valence-electron chi connectivity index (χ1n) is 6.70. The van der Waals surface area contributed by atoms with E-state index in [-0.39, 0.29) is 0 Å². The van der Waals surface area contributed by atoms with Crippen LogP contribution in [0.2, 0.25) is 0 Å². The van der Waals surface area contributed by atoms with Crippen LogP contribution in [-0.2, 0) is 9.53 Å². The van der Waals surface area contributed by atoms with Gasteiger partial charge in [0, 0.05) is 19.7 Å². The monoisotopic (exact) mass is 241 g/mol. The number of nitrogens with zero attached hydrogens (tertiary/aromatic N) is 1. The summed E-state index contributed by atoms with van der Waals surface area (Å²) < 4.78 is 5.37. The summed E-state index contributed by atoms with van der Waals surface area (Å²) in [5.74, 6) is 0.00532. The van der Waals surface area contributed by atoms with E-state index in [9.17, 15) is 9.90 Å². The van der Waals surface area contributed by atoms with Crippen LogP contribution in [0, 0.1) is 11.3 Å². The fourth-order valence-electron chi connectivity index (χ4n) is 3.17. The predicted molar refractivity (Wildman–Crippen MR) is 65.0 cm³/mol. The summed E-state index contributed by atoms with van der Waals surface area (Å²) in [7, 11) is 0. The number of carbonyl (C=O) groups is 1. The molecular weight excluding hydrogens is 218 g/mol. The van der Waals surface area contributed by atoms with Gasteiger partial charge in [-0.2, -0.15) is 0 Å². The second-order valence-corrected chi connectivity index (χ2v) is 5.55. The van der Waals surface area contributed by atoms with Gasteiger partial charge in [-0.3, -0.25) is 4.79 Å². The first kappa shape index (κ1) is 12.8. The van der Waals surface area contributed by atoms with E-state index in [4.69, 9.17) is 4.74 Å². The zero-order valence-corrected chi connectivity index (χ0v) is 10.7. The van der Waals surface area contributed by atoms with Crippen LogP contribution in [-0.4, -0.2) is 48.8 Å². The molecule has 2 aliphatic rings.